The average Bonchev–Trinajstić information content (AvgIpc) is 2.90. The highest BCUT2D eigenvalue weighted by atomic mass is 32.2. The third-order valence-electron chi connectivity index (χ3n) is 3.07. The number of hydrogen-bond donors (Lipinski definition) is 2. The predicted octanol–water partition coefficient (Wildman–Crippen LogP) is 2.38. The molecule has 114 valence electrons. The number of anilines is 2. The van der Waals surface area contributed by atoms with Gasteiger partial charge in [-0.2, -0.15) is 0 Å². The van der Waals surface area contributed by atoms with Gasteiger partial charge in [-0.25, -0.2) is 8.42 Å². The van der Waals surface area contributed by atoms with E-state index in [1.165, 1.54) is 11.3 Å². The Morgan fingerprint density at radius 3 is 2.57 bits per heavy atom. The molecule has 7 heteroatoms. The third kappa shape index (κ3) is 3.55. The lowest BCUT2D eigenvalue weighted by Gasteiger charge is -2.17. The maximum Gasteiger partial charge on any atom is 0.271 e. The van der Waals surface area contributed by atoms with E-state index >= 15 is 0 Å². The van der Waals surface area contributed by atoms with Gasteiger partial charge in [0.15, 0.2) is 0 Å². The highest BCUT2D eigenvalue weighted by Crippen LogP contribution is 2.26. The molecule has 0 unspecified atom stereocenters. The van der Waals surface area contributed by atoms with Crippen molar-refractivity contribution in [1.29, 1.82) is 0 Å². The van der Waals surface area contributed by atoms with Gasteiger partial charge in [0.2, 0.25) is 0 Å². The van der Waals surface area contributed by atoms with Crippen LogP contribution < -0.4 is 15.4 Å². The molecule has 0 bridgehead atoms. The van der Waals surface area contributed by atoms with Crippen LogP contribution >= 0.6 is 11.3 Å². The Hall–Kier alpha value is -1.57. The van der Waals surface area contributed by atoms with Crippen LogP contribution in [0.2, 0.25) is 0 Å². The zero-order chi connectivity index (χ0) is 15.6. The molecule has 0 aliphatic carbocycles. The molecule has 0 atom stereocenters. The largest absolute Gasteiger partial charge is 0.377 e. The number of rotatable bonds is 5. The monoisotopic (exact) mass is 325 g/mol. The van der Waals surface area contributed by atoms with Crippen LogP contribution in [0.25, 0.3) is 0 Å². The number of nitrogens with two attached hydrogens (primary N) is 1. The van der Waals surface area contributed by atoms with Crippen LogP contribution in [0, 0.1) is 6.92 Å². The highest BCUT2D eigenvalue weighted by molar-refractivity contribution is 7.94. The molecule has 2 rings (SSSR count). The van der Waals surface area contributed by atoms with Crippen molar-refractivity contribution in [3.05, 3.63) is 40.8 Å². The Labute approximate surface area is 129 Å². The molecular weight excluding hydrogens is 306 g/mol. The average molecular weight is 325 g/mol. The van der Waals surface area contributed by atoms with Gasteiger partial charge in [0.25, 0.3) is 10.0 Å². The zero-order valence-electron chi connectivity index (χ0n) is 12.3. The highest BCUT2D eigenvalue weighted by Gasteiger charge is 2.17. The summed E-state index contributed by atoms with van der Waals surface area (Å²) in [4.78, 5) is 1.95. The summed E-state index contributed by atoms with van der Waals surface area (Å²) in [5.74, 6) is 0. The standard InChI is InChI=1S/C14H19N3O2S2/c1-10-4-5-12(7-13(10)17(2)3)16-21(18,19)14-6-11(8-15)9-20-14/h4-7,9,16H,8,15H2,1-3H3. The van der Waals surface area contributed by atoms with Crippen molar-refractivity contribution in [1.82, 2.24) is 0 Å². The predicted molar refractivity (Wildman–Crippen MR) is 88.5 cm³/mol. The van der Waals surface area contributed by atoms with Crippen molar-refractivity contribution in [2.24, 2.45) is 5.73 Å². The molecule has 0 amide bonds. The van der Waals surface area contributed by atoms with Gasteiger partial charge in [-0.3, -0.25) is 4.72 Å². The molecular formula is C14H19N3O2S2. The van der Waals surface area contributed by atoms with Crippen molar-refractivity contribution in [3.8, 4) is 0 Å². The van der Waals surface area contributed by atoms with Crippen LogP contribution in [0.4, 0.5) is 11.4 Å². The summed E-state index contributed by atoms with van der Waals surface area (Å²) >= 11 is 1.17. The van der Waals surface area contributed by atoms with Crippen LogP contribution in [0.3, 0.4) is 0 Å². The summed E-state index contributed by atoms with van der Waals surface area (Å²) in [6, 6.07) is 7.09. The normalized spacial score (nSPS) is 11.4. The van der Waals surface area contributed by atoms with Gasteiger partial charge in [-0.05, 0) is 41.6 Å². The van der Waals surface area contributed by atoms with Gasteiger partial charge < -0.3 is 10.6 Å². The fraction of sp³-hybridized carbons (Fsp3) is 0.286. The van der Waals surface area contributed by atoms with Crippen LogP contribution in [-0.2, 0) is 16.6 Å². The molecule has 0 saturated heterocycles. The number of thiophene rings is 1. The van der Waals surface area contributed by atoms with Crippen molar-refractivity contribution in [3.63, 3.8) is 0 Å². The lowest BCUT2D eigenvalue weighted by Crippen LogP contribution is -2.14. The first-order valence-electron chi connectivity index (χ1n) is 6.42. The van der Waals surface area contributed by atoms with E-state index < -0.39 is 10.0 Å². The summed E-state index contributed by atoms with van der Waals surface area (Å²) in [6.07, 6.45) is 0. The maximum atomic E-state index is 12.3. The fourth-order valence-electron chi connectivity index (χ4n) is 1.96. The van der Waals surface area contributed by atoms with Crippen LogP contribution in [-0.4, -0.2) is 22.5 Å². The molecule has 5 nitrogen and oxygen atoms in total. The Morgan fingerprint density at radius 2 is 2.00 bits per heavy atom. The van der Waals surface area contributed by atoms with Crippen LogP contribution in [0.1, 0.15) is 11.1 Å². The minimum Gasteiger partial charge on any atom is -0.377 e. The number of nitrogens with zero attached hydrogens (tertiary/aromatic N) is 1. The smallest absolute Gasteiger partial charge is 0.271 e. The van der Waals surface area contributed by atoms with Gasteiger partial charge >= 0.3 is 0 Å². The maximum absolute atomic E-state index is 12.3. The first kappa shape index (κ1) is 15.8. The molecule has 1 aromatic heterocycles. The minimum atomic E-state index is -3.56. The Balaban J connectivity index is 2.30. The van der Waals surface area contributed by atoms with Crippen LogP contribution in [0.15, 0.2) is 33.9 Å². The van der Waals surface area contributed by atoms with Crippen molar-refractivity contribution >= 4 is 32.7 Å². The molecule has 1 aromatic carbocycles. The molecule has 0 saturated carbocycles. The number of hydrogen-bond acceptors (Lipinski definition) is 5. The number of nitrogens with one attached hydrogen (secondary N) is 1. The lowest BCUT2D eigenvalue weighted by atomic mass is 10.2. The van der Waals surface area contributed by atoms with Crippen molar-refractivity contribution < 1.29 is 8.42 Å². The van der Waals surface area contributed by atoms with Crippen molar-refractivity contribution in [2.45, 2.75) is 17.7 Å². The van der Waals surface area contributed by atoms with E-state index in [4.69, 9.17) is 5.73 Å². The van der Waals surface area contributed by atoms with E-state index in [0.29, 0.717) is 12.2 Å². The lowest BCUT2D eigenvalue weighted by molar-refractivity contribution is 0.603. The quantitative estimate of drug-likeness (QED) is 0.885. The summed E-state index contributed by atoms with van der Waals surface area (Å²) in [5, 5.41) is 1.76. The molecule has 0 fully saturated rings. The van der Waals surface area contributed by atoms with Gasteiger partial charge in [0.1, 0.15) is 4.21 Å². The van der Waals surface area contributed by atoms with Gasteiger partial charge in [0, 0.05) is 26.3 Å². The van der Waals surface area contributed by atoms with E-state index in [2.05, 4.69) is 4.72 Å². The zero-order valence-corrected chi connectivity index (χ0v) is 13.9. The van der Waals surface area contributed by atoms with E-state index in [9.17, 15) is 8.42 Å². The number of benzene rings is 1. The molecule has 0 aliphatic rings. The molecule has 3 N–H and O–H groups in total. The molecule has 21 heavy (non-hydrogen) atoms. The Kier molecular flexibility index (Phi) is 4.55. The second-order valence-electron chi connectivity index (χ2n) is 4.98. The van der Waals surface area contributed by atoms with Crippen molar-refractivity contribution in [2.75, 3.05) is 23.7 Å². The van der Waals surface area contributed by atoms with Gasteiger partial charge in [-0.15, -0.1) is 11.3 Å². The molecule has 0 radical (unpaired) electrons. The van der Waals surface area contributed by atoms with E-state index in [0.717, 1.165) is 16.8 Å². The summed E-state index contributed by atoms with van der Waals surface area (Å²) in [5.41, 5.74) is 8.94. The molecule has 0 spiro atoms. The molecule has 0 aliphatic heterocycles. The number of aryl methyl sites for hydroxylation is 1. The van der Waals surface area contributed by atoms with E-state index in [-0.39, 0.29) is 4.21 Å². The molecule has 1 heterocycles. The Bertz CT molecular complexity index is 736. The van der Waals surface area contributed by atoms with Gasteiger partial charge in [0.05, 0.1) is 5.69 Å². The SMILES string of the molecule is Cc1ccc(NS(=O)(=O)c2cc(CN)cs2)cc1N(C)C. The summed E-state index contributed by atoms with van der Waals surface area (Å²) in [7, 11) is 0.285. The first-order chi connectivity index (χ1) is 9.83. The number of sulfonamides is 1. The third-order valence-corrected chi connectivity index (χ3v) is 5.94. The fourth-order valence-corrected chi connectivity index (χ4v) is 4.23. The molecule has 2 aromatic rings. The van der Waals surface area contributed by atoms with E-state index in [1.54, 1.807) is 17.5 Å². The van der Waals surface area contributed by atoms with Gasteiger partial charge in [-0.1, -0.05) is 6.07 Å². The topological polar surface area (TPSA) is 75.4 Å². The van der Waals surface area contributed by atoms with Crippen LogP contribution in [0.5, 0.6) is 0 Å². The summed E-state index contributed by atoms with van der Waals surface area (Å²) < 4.78 is 27.6. The van der Waals surface area contributed by atoms with E-state index in [1.807, 2.05) is 38.1 Å². The first-order valence-corrected chi connectivity index (χ1v) is 8.78. The summed E-state index contributed by atoms with van der Waals surface area (Å²) in [6.45, 7) is 2.32. The second kappa shape index (κ2) is 6.05. The Morgan fingerprint density at radius 1 is 1.29 bits per heavy atom. The second-order valence-corrected chi connectivity index (χ2v) is 7.80. The minimum absolute atomic E-state index is 0.273.